The molecule has 2 aromatic heterocycles. The Kier molecular flexibility index (Phi) is 5.12. The molecule has 1 aliphatic carbocycles. The van der Waals surface area contributed by atoms with Gasteiger partial charge in [-0.15, -0.1) is 0 Å². The number of rotatable bonds is 5. The van der Waals surface area contributed by atoms with Crippen molar-refractivity contribution in [3.8, 4) is 11.3 Å². The second kappa shape index (κ2) is 8.02. The summed E-state index contributed by atoms with van der Waals surface area (Å²) in [6.07, 6.45) is 11.7. The molecule has 5 nitrogen and oxygen atoms in total. The first-order valence-corrected chi connectivity index (χ1v) is 9.34. The molecule has 2 heterocycles. The molecule has 3 aromatic rings. The number of benzene rings is 1. The standard InChI is InChI=1S/C24H21N3O2/c1-16(25-2)17-5-3-6-18(9-8-17)24(28)27-23-14-21-13-19(22-7-4-12-29-22)10-11-20(21)15-26-23/h4-15,25H,1,3H2,2H3,(H,26,27,28). The van der Waals surface area contributed by atoms with Crippen LogP contribution >= 0.6 is 0 Å². The van der Waals surface area contributed by atoms with E-state index in [-0.39, 0.29) is 5.91 Å². The van der Waals surface area contributed by atoms with E-state index in [1.807, 2.05) is 61.7 Å². The van der Waals surface area contributed by atoms with Crippen LogP contribution in [-0.4, -0.2) is 17.9 Å². The van der Waals surface area contributed by atoms with E-state index in [0.29, 0.717) is 17.8 Å². The maximum atomic E-state index is 12.7. The summed E-state index contributed by atoms with van der Waals surface area (Å²) in [5.41, 5.74) is 3.36. The molecule has 0 bridgehead atoms. The number of hydrogen-bond donors (Lipinski definition) is 2. The smallest absolute Gasteiger partial charge is 0.256 e. The largest absolute Gasteiger partial charge is 0.464 e. The minimum absolute atomic E-state index is 0.194. The van der Waals surface area contributed by atoms with Crippen molar-refractivity contribution in [2.45, 2.75) is 6.42 Å². The van der Waals surface area contributed by atoms with Crippen molar-refractivity contribution in [1.29, 1.82) is 0 Å². The summed E-state index contributed by atoms with van der Waals surface area (Å²) in [6.45, 7) is 3.96. The zero-order valence-electron chi connectivity index (χ0n) is 16.1. The summed E-state index contributed by atoms with van der Waals surface area (Å²) in [7, 11) is 1.83. The van der Waals surface area contributed by atoms with Crippen molar-refractivity contribution in [2.24, 2.45) is 0 Å². The summed E-state index contributed by atoms with van der Waals surface area (Å²) in [6, 6.07) is 11.7. The highest BCUT2D eigenvalue weighted by Crippen LogP contribution is 2.26. The monoisotopic (exact) mass is 383 g/mol. The summed E-state index contributed by atoms with van der Waals surface area (Å²) >= 11 is 0. The number of nitrogens with one attached hydrogen (secondary N) is 2. The number of nitrogens with zero attached hydrogens (tertiary/aromatic N) is 1. The Morgan fingerprint density at radius 3 is 2.72 bits per heavy atom. The number of pyridine rings is 1. The SMILES string of the molecule is C=C(NC)C1=CCC=C(C(=O)Nc2cc3cc(-c4ccco4)ccc3cn2)C=C1. The maximum Gasteiger partial charge on any atom is 0.256 e. The molecule has 0 spiro atoms. The van der Waals surface area contributed by atoms with Crippen LogP contribution in [0.3, 0.4) is 0 Å². The fourth-order valence-corrected chi connectivity index (χ4v) is 3.16. The molecule has 144 valence electrons. The second-order valence-corrected chi connectivity index (χ2v) is 6.68. The van der Waals surface area contributed by atoms with Crippen molar-refractivity contribution in [3.05, 3.63) is 96.6 Å². The van der Waals surface area contributed by atoms with Crippen LogP contribution in [0.2, 0.25) is 0 Å². The Hall–Kier alpha value is -3.86. The summed E-state index contributed by atoms with van der Waals surface area (Å²) in [5, 5.41) is 7.88. The third kappa shape index (κ3) is 4.04. The van der Waals surface area contributed by atoms with E-state index in [1.54, 1.807) is 18.5 Å². The minimum atomic E-state index is -0.194. The molecule has 0 radical (unpaired) electrons. The van der Waals surface area contributed by atoms with Crippen molar-refractivity contribution in [3.63, 3.8) is 0 Å². The van der Waals surface area contributed by atoms with Gasteiger partial charge < -0.3 is 15.1 Å². The average Bonchev–Trinajstić information content (AvgIpc) is 3.17. The molecule has 4 rings (SSSR count). The number of furan rings is 1. The molecule has 29 heavy (non-hydrogen) atoms. The summed E-state index contributed by atoms with van der Waals surface area (Å²) in [4.78, 5) is 17.1. The van der Waals surface area contributed by atoms with Crippen LogP contribution in [0.4, 0.5) is 5.82 Å². The van der Waals surface area contributed by atoms with Crippen molar-refractivity contribution >= 4 is 22.5 Å². The van der Waals surface area contributed by atoms with E-state index in [4.69, 9.17) is 4.42 Å². The molecule has 0 saturated carbocycles. The number of aromatic nitrogens is 1. The third-order valence-electron chi connectivity index (χ3n) is 4.80. The molecule has 1 aromatic carbocycles. The molecule has 1 aliphatic rings. The number of amides is 1. The fraction of sp³-hybridized carbons (Fsp3) is 0.0833. The molecule has 1 amide bonds. The lowest BCUT2D eigenvalue weighted by Gasteiger charge is -2.07. The van der Waals surface area contributed by atoms with Gasteiger partial charge in [0, 0.05) is 35.5 Å². The minimum Gasteiger partial charge on any atom is -0.464 e. The highest BCUT2D eigenvalue weighted by atomic mass is 16.3. The Balaban J connectivity index is 1.54. The number of allylic oxidation sites excluding steroid dienone is 3. The number of anilines is 1. The van der Waals surface area contributed by atoms with E-state index >= 15 is 0 Å². The van der Waals surface area contributed by atoms with Crippen molar-refractivity contribution in [1.82, 2.24) is 10.3 Å². The number of hydrogen-bond acceptors (Lipinski definition) is 4. The van der Waals surface area contributed by atoms with Gasteiger partial charge in [0.25, 0.3) is 5.91 Å². The van der Waals surface area contributed by atoms with Gasteiger partial charge in [-0.25, -0.2) is 4.98 Å². The van der Waals surface area contributed by atoms with E-state index in [9.17, 15) is 4.79 Å². The van der Waals surface area contributed by atoms with E-state index in [2.05, 4.69) is 22.2 Å². The predicted molar refractivity (Wildman–Crippen MR) is 116 cm³/mol. The van der Waals surface area contributed by atoms with E-state index < -0.39 is 0 Å². The van der Waals surface area contributed by atoms with Crippen LogP contribution in [-0.2, 0) is 4.79 Å². The molecule has 0 saturated heterocycles. The Bertz CT molecular complexity index is 1170. The number of fused-ring (bicyclic) bond motifs is 1. The average molecular weight is 383 g/mol. The zero-order valence-corrected chi connectivity index (χ0v) is 16.1. The first-order chi connectivity index (χ1) is 14.1. The predicted octanol–water partition coefficient (Wildman–Crippen LogP) is 4.98. The van der Waals surface area contributed by atoms with Crippen LogP contribution in [0.5, 0.6) is 0 Å². The third-order valence-corrected chi connectivity index (χ3v) is 4.80. The van der Waals surface area contributed by atoms with Crippen LogP contribution in [0, 0.1) is 0 Å². The highest BCUT2D eigenvalue weighted by Gasteiger charge is 2.11. The molecule has 2 N–H and O–H groups in total. The van der Waals surface area contributed by atoms with Gasteiger partial charge >= 0.3 is 0 Å². The Morgan fingerprint density at radius 2 is 1.93 bits per heavy atom. The van der Waals surface area contributed by atoms with Crippen molar-refractivity contribution in [2.75, 3.05) is 12.4 Å². The van der Waals surface area contributed by atoms with Crippen LogP contribution in [0.1, 0.15) is 6.42 Å². The van der Waals surface area contributed by atoms with Gasteiger partial charge in [-0.2, -0.15) is 0 Å². The molecular formula is C24H21N3O2. The van der Waals surface area contributed by atoms with Crippen LogP contribution in [0.15, 0.2) is 101 Å². The Morgan fingerprint density at radius 1 is 1.10 bits per heavy atom. The van der Waals surface area contributed by atoms with Crippen LogP contribution < -0.4 is 10.6 Å². The fourth-order valence-electron chi connectivity index (χ4n) is 3.16. The molecule has 0 aliphatic heterocycles. The molecule has 0 atom stereocenters. The maximum absolute atomic E-state index is 12.7. The molecule has 5 heteroatoms. The van der Waals surface area contributed by atoms with Gasteiger partial charge in [0.1, 0.15) is 11.6 Å². The topological polar surface area (TPSA) is 67.2 Å². The number of likely N-dealkylation sites (N-methyl/N-ethyl adjacent to an activating group) is 1. The number of carbonyl (C=O) groups is 1. The highest BCUT2D eigenvalue weighted by molar-refractivity contribution is 6.06. The van der Waals surface area contributed by atoms with E-state index in [1.165, 1.54) is 0 Å². The van der Waals surface area contributed by atoms with Gasteiger partial charge in [0.05, 0.1) is 6.26 Å². The normalized spacial score (nSPS) is 13.4. The lowest BCUT2D eigenvalue weighted by atomic mass is 10.1. The number of carbonyl (C=O) groups excluding carboxylic acids is 1. The van der Waals surface area contributed by atoms with Crippen LogP contribution in [0.25, 0.3) is 22.1 Å². The second-order valence-electron chi connectivity index (χ2n) is 6.68. The van der Waals surface area contributed by atoms with Gasteiger partial charge in [-0.1, -0.05) is 36.9 Å². The molecule has 0 fully saturated rings. The summed E-state index contributed by atoms with van der Waals surface area (Å²) < 4.78 is 5.47. The van der Waals surface area contributed by atoms with Gasteiger partial charge in [0.2, 0.25) is 0 Å². The zero-order chi connectivity index (χ0) is 20.2. The Labute approximate surface area is 169 Å². The van der Waals surface area contributed by atoms with Crippen molar-refractivity contribution < 1.29 is 9.21 Å². The molecular weight excluding hydrogens is 362 g/mol. The van der Waals surface area contributed by atoms with E-state index in [0.717, 1.165) is 33.4 Å². The lowest BCUT2D eigenvalue weighted by molar-refractivity contribution is -0.112. The first-order valence-electron chi connectivity index (χ1n) is 9.34. The lowest BCUT2D eigenvalue weighted by Crippen LogP contribution is -2.14. The summed E-state index contributed by atoms with van der Waals surface area (Å²) in [5.74, 6) is 1.11. The first kappa shape index (κ1) is 18.5. The van der Waals surface area contributed by atoms with Gasteiger partial charge in [-0.05, 0) is 47.7 Å². The van der Waals surface area contributed by atoms with Gasteiger partial charge in [0.15, 0.2) is 0 Å². The quantitative estimate of drug-likeness (QED) is 0.652. The molecule has 0 unspecified atom stereocenters. The van der Waals surface area contributed by atoms with Gasteiger partial charge in [-0.3, -0.25) is 4.79 Å².